The quantitative estimate of drug-likeness (QED) is 0.608. The van der Waals surface area contributed by atoms with Crippen molar-refractivity contribution in [3.63, 3.8) is 0 Å². The molecule has 0 amide bonds. The van der Waals surface area contributed by atoms with Crippen LogP contribution in [0.3, 0.4) is 0 Å². The highest BCUT2D eigenvalue weighted by molar-refractivity contribution is 6.03. The van der Waals surface area contributed by atoms with Gasteiger partial charge in [-0.2, -0.15) is 0 Å². The molecule has 0 saturated heterocycles. The van der Waals surface area contributed by atoms with Crippen LogP contribution >= 0.6 is 0 Å². The largest absolute Gasteiger partial charge is 0.478 e. The summed E-state index contributed by atoms with van der Waals surface area (Å²) >= 11 is 0. The van der Waals surface area contributed by atoms with Crippen LogP contribution in [0.5, 0.6) is 0 Å². The molecule has 0 aromatic heterocycles. The second-order valence-electron chi connectivity index (χ2n) is 4.96. The number of carbonyl (C=O) groups is 4. The Kier molecular flexibility index (Phi) is 5.04. The third-order valence-electron chi connectivity index (χ3n) is 3.34. The molecule has 130 valence electrons. The molecule has 2 aromatic rings. The van der Waals surface area contributed by atoms with E-state index in [1.54, 1.807) is 0 Å². The Bertz CT molecular complexity index is 1000. The van der Waals surface area contributed by atoms with Crippen molar-refractivity contribution >= 4 is 23.9 Å². The van der Waals surface area contributed by atoms with Crippen molar-refractivity contribution in [3.05, 3.63) is 69.8 Å². The number of carboxylic acids is 4. The summed E-state index contributed by atoms with van der Waals surface area (Å²) in [6, 6.07) is 6.88. The minimum absolute atomic E-state index is 0.144. The molecule has 0 saturated carbocycles. The summed E-state index contributed by atoms with van der Waals surface area (Å²) in [7, 11) is 0. The second-order valence-corrected chi connectivity index (χ2v) is 4.96. The van der Waals surface area contributed by atoms with Crippen LogP contribution in [0.1, 0.15) is 52.6 Å². The van der Waals surface area contributed by atoms with E-state index in [0.29, 0.717) is 0 Å². The van der Waals surface area contributed by atoms with Crippen molar-refractivity contribution in [2.24, 2.45) is 0 Å². The molecule has 0 radical (unpaired) electrons. The van der Waals surface area contributed by atoms with Gasteiger partial charge in [-0.25, -0.2) is 19.2 Å². The average Bonchev–Trinajstić information content (AvgIpc) is 2.58. The Balaban J connectivity index is 2.67. The van der Waals surface area contributed by atoms with E-state index < -0.39 is 35.0 Å². The molecule has 0 aliphatic rings. The number of rotatable bonds is 4. The first-order valence-corrected chi connectivity index (χ1v) is 6.94. The topological polar surface area (TPSA) is 149 Å². The van der Waals surface area contributed by atoms with Gasteiger partial charge in [0.05, 0.1) is 22.3 Å². The van der Waals surface area contributed by atoms with Gasteiger partial charge in [-0.15, -0.1) is 0 Å². The fraction of sp³-hybridized carbons (Fsp3) is 0. The van der Waals surface area contributed by atoms with Crippen molar-refractivity contribution < 1.29 is 39.6 Å². The Morgan fingerprint density at radius 2 is 1.27 bits per heavy atom. The van der Waals surface area contributed by atoms with Crippen LogP contribution < -0.4 is 0 Å². The van der Waals surface area contributed by atoms with Crippen LogP contribution in [0.2, 0.25) is 0 Å². The second kappa shape index (κ2) is 7.19. The highest BCUT2D eigenvalue weighted by Gasteiger charge is 2.19. The van der Waals surface area contributed by atoms with Crippen LogP contribution in [0.25, 0.3) is 0 Å². The standard InChI is InChI=1S/C18H10O8/c19-15(20)11-6-7-12(16(21)22)10(8-11)5-4-9-2-1-3-13(17(23)24)14(9)18(25)26/h1-3,6-8H,(H,19,20)(H,21,22)(H,23,24)(H,25,26). The number of aromatic carboxylic acids is 4. The molecule has 0 fully saturated rings. The molecule has 2 aromatic carbocycles. The van der Waals surface area contributed by atoms with Gasteiger partial charge < -0.3 is 20.4 Å². The van der Waals surface area contributed by atoms with Crippen LogP contribution in [-0.4, -0.2) is 44.3 Å². The fourth-order valence-corrected chi connectivity index (χ4v) is 2.17. The first-order chi connectivity index (χ1) is 12.2. The van der Waals surface area contributed by atoms with Crippen molar-refractivity contribution in [3.8, 4) is 11.8 Å². The van der Waals surface area contributed by atoms with Gasteiger partial charge in [0.1, 0.15) is 0 Å². The van der Waals surface area contributed by atoms with Crippen LogP contribution in [-0.2, 0) is 0 Å². The summed E-state index contributed by atoms with van der Waals surface area (Å²) in [5.74, 6) is -0.760. The third kappa shape index (κ3) is 3.68. The van der Waals surface area contributed by atoms with E-state index in [-0.39, 0.29) is 22.3 Å². The molecule has 0 aliphatic heterocycles. The molecule has 8 nitrogen and oxygen atoms in total. The third-order valence-corrected chi connectivity index (χ3v) is 3.34. The smallest absolute Gasteiger partial charge is 0.337 e. The molecular formula is C18H10O8. The molecule has 4 N–H and O–H groups in total. The summed E-state index contributed by atoms with van der Waals surface area (Å²) in [6.07, 6.45) is 0. The lowest BCUT2D eigenvalue weighted by Gasteiger charge is -2.04. The predicted molar refractivity (Wildman–Crippen MR) is 86.7 cm³/mol. The highest BCUT2D eigenvalue weighted by Crippen LogP contribution is 2.16. The van der Waals surface area contributed by atoms with Gasteiger partial charge in [0, 0.05) is 11.1 Å². The monoisotopic (exact) mass is 354 g/mol. The van der Waals surface area contributed by atoms with Crippen molar-refractivity contribution in [2.75, 3.05) is 0 Å². The highest BCUT2D eigenvalue weighted by atomic mass is 16.4. The molecule has 8 heteroatoms. The predicted octanol–water partition coefficient (Wildman–Crippen LogP) is 1.88. The summed E-state index contributed by atoms with van der Waals surface area (Å²) < 4.78 is 0. The average molecular weight is 354 g/mol. The van der Waals surface area contributed by atoms with E-state index in [9.17, 15) is 24.3 Å². The summed E-state index contributed by atoms with van der Waals surface area (Å²) in [4.78, 5) is 44.8. The normalized spacial score (nSPS) is 9.69. The minimum Gasteiger partial charge on any atom is -0.478 e. The van der Waals surface area contributed by atoms with E-state index in [1.807, 2.05) is 0 Å². The van der Waals surface area contributed by atoms with Crippen LogP contribution in [0.4, 0.5) is 0 Å². The Labute approximate surface area is 146 Å². The number of carboxylic acid groups (broad SMARTS) is 4. The zero-order chi connectivity index (χ0) is 19.4. The molecule has 0 spiro atoms. The summed E-state index contributed by atoms with van der Waals surface area (Å²) in [5.41, 5.74) is -1.77. The maximum absolute atomic E-state index is 11.4. The molecule has 0 bridgehead atoms. The van der Waals surface area contributed by atoms with Gasteiger partial charge >= 0.3 is 23.9 Å². The maximum Gasteiger partial charge on any atom is 0.337 e. The first-order valence-electron chi connectivity index (χ1n) is 6.94. The van der Waals surface area contributed by atoms with Gasteiger partial charge in [-0.1, -0.05) is 17.9 Å². The van der Waals surface area contributed by atoms with Gasteiger partial charge in [-0.3, -0.25) is 0 Å². The number of benzene rings is 2. The van der Waals surface area contributed by atoms with Crippen LogP contribution in [0, 0.1) is 11.8 Å². The van der Waals surface area contributed by atoms with E-state index >= 15 is 0 Å². The van der Waals surface area contributed by atoms with E-state index in [4.69, 9.17) is 15.3 Å². The van der Waals surface area contributed by atoms with Crippen molar-refractivity contribution in [2.45, 2.75) is 0 Å². The Morgan fingerprint density at radius 3 is 1.81 bits per heavy atom. The van der Waals surface area contributed by atoms with Gasteiger partial charge in [-0.05, 0) is 30.3 Å². The molecule has 0 aliphatic carbocycles. The van der Waals surface area contributed by atoms with E-state index in [2.05, 4.69) is 11.8 Å². The molecule has 0 atom stereocenters. The Morgan fingerprint density at radius 1 is 0.654 bits per heavy atom. The summed E-state index contributed by atoms with van der Waals surface area (Å²) in [6.45, 7) is 0. The van der Waals surface area contributed by atoms with Crippen LogP contribution in [0.15, 0.2) is 36.4 Å². The lowest BCUT2D eigenvalue weighted by Crippen LogP contribution is -2.10. The SMILES string of the molecule is O=C(O)c1ccc(C(=O)O)c(C#Cc2cccc(C(=O)O)c2C(=O)O)c1. The first kappa shape index (κ1) is 18.2. The molecule has 2 rings (SSSR count). The minimum atomic E-state index is -1.51. The molecule has 0 unspecified atom stereocenters. The summed E-state index contributed by atoms with van der Waals surface area (Å²) in [5, 5.41) is 36.5. The van der Waals surface area contributed by atoms with E-state index in [1.165, 1.54) is 12.1 Å². The molecular weight excluding hydrogens is 344 g/mol. The van der Waals surface area contributed by atoms with E-state index in [0.717, 1.165) is 24.3 Å². The zero-order valence-electron chi connectivity index (χ0n) is 12.9. The zero-order valence-corrected chi connectivity index (χ0v) is 12.9. The number of hydrogen-bond acceptors (Lipinski definition) is 4. The Hall–Kier alpha value is -4.12. The van der Waals surface area contributed by atoms with Gasteiger partial charge in [0.15, 0.2) is 0 Å². The number of hydrogen-bond donors (Lipinski definition) is 4. The molecule has 26 heavy (non-hydrogen) atoms. The van der Waals surface area contributed by atoms with Crippen molar-refractivity contribution in [1.29, 1.82) is 0 Å². The van der Waals surface area contributed by atoms with Gasteiger partial charge in [0.2, 0.25) is 0 Å². The lowest BCUT2D eigenvalue weighted by molar-refractivity contribution is 0.0651. The molecule has 0 heterocycles. The van der Waals surface area contributed by atoms with Gasteiger partial charge in [0.25, 0.3) is 0 Å². The fourth-order valence-electron chi connectivity index (χ4n) is 2.17. The van der Waals surface area contributed by atoms with Crippen molar-refractivity contribution in [1.82, 2.24) is 0 Å². The lowest BCUT2D eigenvalue weighted by atomic mass is 9.99. The maximum atomic E-state index is 11.4.